The van der Waals surface area contributed by atoms with E-state index in [1.165, 1.54) is 6.07 Å². The first-order valence-corrected chi connectivity index (χ1v) is 7.66. The Balaban J connectivity index is 2.67. The van der Waals surface area contributed by atoms with Crippen molar-refractivity contribution in [2.24, 2.45) is 0 Å². The number of halogens is 1. The van der Waals surface area contributed by atoms with E-state index in [2.05, 4.69) is 15.9 Å². The van der Waals surface area contributed by atoms with E-state index in [9.17, 15) is 13.2 Å². The van der Waals surface area contributed by atoms with Gasteiger partial charge in [-0.3, -0.25) is 0 Å². The summed E-state index contributed by atoms with van der Waals surface area (Å²) in [6.07, 6.45) is 1.05. The Bertz CT molecular complexity index is 747. The summed E-state index contributed by atoms with van der Waals surface area (Å²) in [7, 11) is -3.44. The molecular formula is C12H9BrO4S. The molecule has 0 aliphatic rings. The molecule has 0 amide bonds. The van der Waals surface area contributed by atoms with Crippen LogP contribution in [0.1, 0.15) is 0 Å². The normalized spacial score (nSPS) is 11.4. The van der Waals surface area contributed by atoms with Crippen LogP contribution in [0.25, 0.3) is 11.3 Å². The Morgan fingerprint density at radius 1 is 1.17 bits per heavy atom. The predicted molar refractivity (Wildman–Crippen MR) is 71.2 cm³/mol. The average molecular weight is 329 g/mol. The summed E-state index contributed by atoms with van der Waals surface area (Å²) in [5.41, 5.74) is -0.0557. The van der Waals surface area contributed by atoms with E-state index < -0.39 is 15.5 Å². The van der Waals surface area contributed by atoms with Crippen LogP contribution in [0.15, 0.2) is 55.0 Å². The van der Waals surface area contributed by atoms with Crippen LogP contribution in [0.2, 0.25) is 0 Å². The lowest BCUT2D eigenvalue weighted by Crippen LogP contribution is -2.05. The largest absolute Gasteiger partial charge is 0.423 e. The Kier molecular flexibility index (Phi) is 3.41. The van der Waals surface area contributed by atoms with Crippen molar-refractivity contribution < 1.29 is 12.8 Å². The number of sulfone groups is 1. The smallest absolute Gasteiger partial charge is 0.337 e. The van der Waals surface area contributed by atoms with Gasteiger partial charge < -0.3 is 4.42 Å². The van der Waals surface area contributed by atoms with Crippen molar-refractivity contribution in [2.45, 2.75) is 4.90 Å². The molecule has 2 rings (SSSR count). The molecule has 1 aromatic carbocycles. The van der Waals surface area contributed by atoms with Gasteiger partial charge in [-0.05, 0) is 12.1 Å². The Morgan fingerprint density at radius 2 is 1.89 bits per heavy atom. The standard InChI is InChI=1S/C12H9BrO4S/c1-18(15,16)10-6-11(17-12(14)7-10)8-3-2-4-9(13)5-8/h2-7H,1H3. The van der Waals surface area contributed by atoms with Crippen LogP contribution in [0.4, 0.5) is 0 Å². The summed E-state index contributed by atoms with van der Waals surface area (Å²) in [5.74, 6) is 0.226. The molecule has 0 spiro atoms. The molecule has 0 saturated carbocycles. The molecule has 0 fully saturated rings. The maximum atomic E-state index is 11.4. The third kappa shape index (κ3) is 2.88. The Hall–Kier alpha value is -1.40. The Morgan fingerprint density at radius 3 is 2.50 bits per heavy atom. The van der Waals surface area contributed by atoms with Gasteiger partial charge in [0.15, 0.2) is 9.84 Å². The van der Waals surface area contributed by atoms with E-state index >= 15 is 0 Å². The number of hydrogen-bond donors (Lipinski definition) is 0. The highest BCUT2D eigenvalue weighted by molar-refractivity contribution is 9.10. The van der Waals surface area contributed by atoms with Crippen molar-refractivity contribution in [2.75, 3.05) is 6.26 Å². The highest BCUT2D eigenvalue weighted by Crippen LogP contribution is 2.23. The van der Waals surface area contributed by atoms with Crippen LogP contribution in [-0.2, 0) is 9.84 Å². The molecule has 4 nitrogen and oxygen atoms in total. The molecule has 6 heteroatoms. The van der Waals surface area contributed by atoms with Gasteiger partial charge in [0.1, 0.15) is 5.76 Å². The molecule has 94 valence electrons. The minimum Gasteiger partial charge on any atom is -0.423 e. The fourth-order valence-corrected chi connectivity index (χ4v) is 2.48. The zero-order valence-corrected chi connectivity index (χ0v) is 11.8. The first-order chi connectivity index (χ1) is 8.36. The molecule has 0 bridgehead atoms. The molecule has 1 heterocycles. The second kappa shape index (κ2) is 4.70. The average Bonchev–Trinajstić information content (AvgIpc) is 2.27. The lowest BCUT2D eigenvalue weighted by Gasteiger charge is -2.03. The van der Waals surface area contributed by atoms with Crippen LogP contribution >= 0.6 is 15.9 Å². The molecule has 0 atom stereocenters. The molecule has 0 N–H and O–H groups in total. The molecule has 0 unspecified atom stereocenters. The summed E-state index contributed by atoms with van der Waals surface area (Å²) in [6, 6.07) is 9.38. The highest BCUT2D eigenvalue weighted by Gasteiger charge is 2.12. The van der Waals surface area contributed by atoms with E-state index in [-0.39, 0.29) is 10.7 Å². The van der Waals surface area contributed by atoms with Crippen LogP contribution in [-0.4, -0.2) is 14.7 Å². The van der Waals surface area contributed by atoms with Crippen molar-refractivity contribution in [3.05, 3.63) is 51.3 Å². The maximum Gasteiger partial charge on any atom is 0.337 e. The second-order valence-corrected chi connectivity index (χ2v) is 6.69. The first-order valence-electron chi connectivity index (χ1n) is 4.97. The van der Waals surface area contributed by atoms with Gasteiger partial charge in [0, 0.05) is 28.4 Å². The number of rotatable bonds is 2. The van der Waals surface area contributed by atoms with Gasteiger partial charge in [-0.2, -0.15) is 0 Å². The predicted octanol–water partition coefficient (Wildman–Crippen LogP) is 2.47. The van der Waals surface area contributed by atoms with Crippen molar-refractivity contribution in [3.8, 4) is 11.3 Å². The topological polar surface area (TPSA) is 64.3 Å². The zero-order chi connectivity index (χ0) is 13.3. The van der Waals surface area contributed by atoms with E-state index in [1.54, 1.807) is 18.2 Å². The van der Waals surface area contributed by atoms with Crippen molar-refractivity contribution >= 4 is 25.8 Å². The van der Waals surface area contributed by atoms with Gasteiger partial charge in [-0.1, -0.05) is 28.1 Å². The zero-order valence-electron chi connectivity index (χ0n) is 9.38. The maximum absolute atomic E-state index is 11.4. The fourth-order valence-electron chi connectivity index (χ4n) is 1.45. The van der Waals surface area contributed by atoms with Gasteiger partial charge in [0.2, 0.25) is 0 Å². The Labute approximate surface area is 112 Å². The highest BCUT2D eigenvalue weighted by atomic mass is 79.9. The minimum atomic E-state index is -3.44. The molecule has 0 aliphatic heterocycles. The molecular weight excluding hydrogens is 320 g/mol. The molecule has 18 heavy (non-hydrogen) atoms. The van der Waals surface area contributed by atoms with Gasteiger partial charge in [0.05, 0.1) is 4.90 Å². The van der Waals surface area contributed by atoms with Gasteiger partial charge in [-0.15, -0.1) is 0 Å². The third-order valence-corrected chi connectivity index (χ3v) is 3.87. The van der Waals surface area contributed by atoms with Crippen molar-refractivity contribution in [1.29, 1.82) is 0 Å². The van der Waals surface area contributed by atoms with Gasteiger partial charge >= 0.3 is 5.63 Å². The summed E-state index contributed by atoms with van der Waals surface area (Å²) in [4.78, 5) is 11.3. The molecule has 0 saturated heterocycles. The van der Waals surface area contributed by atoms with E-state index in [0.717, 1.165) is 16.8 Å². The quantitative estimate of drug-likeness (QED) is 0.849. The summed E-state index contributed by atoms with van der Waals surface area (Å²) in [5, 5.41) is 0. The van der Waals surface area contributed by atoms with Crippen LogP contribution < -0.4 is 5.63 Å². The number of hydrogen-bond acceptors (Lipinski definition) is 4. The summed E-state index contributed by atoms with van der Waals surface area (Å²) in [6.45, 7) is 0. The van der Waals surface area contributed by atoms with Gasteiger partial charge in [0.25, 0.3) is 0 Å². The van der Waals surface area contributed by atoms with Crippen molar-refractivity contribution in [1.82, 2.24) is 0 Å². The van der Waals surface area contributed by atoms with E-state index in [0.29, 0.717) is 5.56 Å². The SMILES string of the molecule is CS(=O)(=O)c1cc(-c2cccc(Br)c2)oc(=O)c1. The first kappa shape index (κ1) is 13.0. The minimum absolute atomic E-state index is 0.0475. The van der Waals surface area contributed by atoms with Gasteiger partial charge in [-0.25, -0.2) is 13.2 Å². The fraction of sp³-hybridized carbons (Fsp3) is 0.0833. The third-order valence-electron chi connectivity index (χ3n) is 2.28. The van der Waals surface area contributed by atoms with E-state index in [4.69, 9.17) is 4.42 Å². The van der Waals surface area contributed by atoms with Crippen LogP contribution in [0.5, 0.6) is 0 Å². The second-order valence-electron chi connectivity index (χ2n) is 3.76. The van der Waals surface area contributed by atoms with Crippen LogP contribution in [0.3, 0.4) is 0 Å². The molecule has 0 aliphatic carbocycles. The monoisotopic (exact) mass is 328 g/mol. The van der Waals surface area contributed by atoms with E-state index in [1.807, 2.05) is 6.07 Å². The molecule has 2 aromatic rings. The summed E-state index contributed by atoms with van der Waals surface area (Å²) < 4.78 is 28.7. The van der Waals surface area contributed by atoms with Crippen LogP contribution in [0, 0.1) is 0 Å². The van der Waals surface area contributed by atoms with Crippen molar-refractivity contribution in [3.63, 3.8) is 0 Å². The number of benzene rings is 1. The summed E-state index contributed by atoms with van der Waals surface area (Å²) >= 11 is 3.30. The molecule has 0 radical (unpaired) electrons. The molecule has 1 aromatic heterocycles. The lowest BCUT2D eigenvalue weighted by atomic mass is 10.2. The lowest BCUT2D eigenvalue weighted by molar-refractivity contribution is 0.518.